The van der Waals surface area contributed by atoms with Crippen molar-refractivity contribution in [2.24, 2.45) is 28.6 Å². The minimum atomic E-state index is -1.37. The number of rotatable bonds is 5. The molecular formula is C25H36O6. The molecule has 31 heavy (non-hydrogen) atoms. The van der Waals surface area contributed by atoms with E-state index in [0.717, 1.165) is 31.3 Å². The van der Waals surface area contributed by atoms with Crippen LogP contribution in [0.3, 0.4) is 0 Å². The van der Waals surface area contributed by atoms with Crippen LogP contribution in [-0.4, -0.2) is 46.1 Å². The molecule has 0 aromatic heterocycles. The van der Waals surface area contributed by atoms with Crippen molar-refractivity contribution in [3.63, 3.8) is 0 Å². The first kappa shape index (κ1) is 22.7. The molecule has 4 aliphatic rings. The van der Waals surface area contributed by atoms with Crippen LogP contribution in [0, 0.1) is 28.6 Å². The number of carbonyl (C=O) groups is 3. The van der Waals surface area contributed by atoms with Gasteiger partial charge in [-0.05, 0) is 74.2 Å². The van der Waals surface area contributed by atoms with Gasteiger partial charge < -0.3 is 14.9 Å². The monoisotopic (exact) mass is 432 g/mol. The SMILES string of the molecule is CCCC(=O)O[C@@]1(C(=O)CO)CC[C@@H]2[C@H]3CCC4=CC(=O)CC[C@]4(C)[C@@H]3[C@H](O)C[C@]21C. The van der Waals surface area contributed by atoms with Crippen LogP contribution in [0.2, 0.25) is 0 Å². The molecule has 2 N–H and O–H groups in total. The molecule has 6 heteroatoms. The average molecular weight is 433 g/mol. The van der Waals surface area contributed by atoms with Crippen LogP contribution in [0.15, 0.2) is 11.6 Å². The second-order valence-corrected chi connectivity index (χ2v) is 10.7. The van der Waals surface area contributed by atoms with Gasteiger partial charge in [-0.3, -0.25) is 14.4 Å². The largest absolute Gasteiger partial charge is 0.450 e. The van der Waals surface area contributed by atoms with Gasteiger partial charge in [-0.25, -0.2) is 0 Å². The summed E-state index contributed by atoms with van der Waals surface area (Å²) in [4.78, 5) is 37.6. The van der Waals surface area contributed by atoms with E-state index in [1.165, 1.54) is 0 Å². The van der Waals surface area contributed by atoms with Crippen molar-refractivity contribution in [3.8, 4) is 0 Å². The number of ketones is 2. The highest BCUT2D eigenvalue weighted by atomic mass is 16.6. The molecule has 3 saturated carbocycles. The summed E-state index contributed by atoms with van der Waals surface area (Å²) in [7, 11) is 0. The number of aliphatic hydroxyl groups excluding tert-OH is 2. The first-order valence-corrected chi connectivity index (χ1v) is 11.9. The highest BCUT2D eigenvalue weighted by Gasteiger charge is 2.70. The summed E-state index contributed by atoms with van der Waals surface area (Å²) in [6.07, 6.45) is 6.48. The Morgan fingerprint density at radius 2 is 1.94 bits per heavy atom. The number of aliphatic hydroxyl groups is 2. The van der Waals surface area contributed by atoms with Gasteiger partial charge in [0.25, 0.3) is 0 Å². The molecule has 0 aromatic rings. The Balaban J connectivity index is 1.73. The van der Waals surface area contributed by atoms with Gasteiger partial charge in [-0.1, -0.05) is 26.3 Å². The van der Waals surface area contributed by atoms with Crippen molar-refractivity contribution >= 4 is 17.5 Å². The highest BCUT2D eigenvalue weighted by molar-refractivity contribution is 5.92. The third-order valence-electron chi connectivity index (χ3n) is 9.35. The van der Waals surface area contributed by atoms with Gasteiger partial charge >= 0.3 is 5.97 Å². The van der Waals surface area contributed by atoms with Crippen LogP contribution in [-0.2, 0) is 19.1 Å². The van der Waals surface area contributed by atoms with E-state index in [0.29, 0.717) is 25.7 Å². The Hall–Kier alpha value is -1.53. The standard InChI is InChI=1S/C25H36O6/c1-4-5-21(30)31-25(20(29)14-26)11-9-18-17-7-6-15-12-16(27)8-10-23(15,2)22(17)19(28)13-24(18,25)3/h12,17-19,22,26,28H,4-11,13-14H2,1-3H3/t17-,18-,19-,22+,23+,24-,25-/m1/s1. The molecule has 0 aromatic carbocycles. The number of carbonyl (C=O) groups excluding carboxylic acids is 3. The summed E-state index contributed by atoms with van der Waals surface area (Å²) in [5, 5.41) is 21.3. The van der Waals surface area contributed by atoms with Gasteiger partial charge in [0.2, 0.25) is 5.78 Å². The zero-order valence-corrected chi connectivity index (χ0v) is 19.0. The number of esters is 1. The van der Waals surface area contributed by atoms with Crippen LogP contribution in [0.1, 0.15) is 78.6 Å². The minimum absolute atomic E-state index is 0.0325. The average Bonchev–Trinajstić information content (AvgIpc) is 3.00. The van der Waals surface area contributed by atoms with E-state index in [1.807, 2.05) is 13.8 Å². The van der Waals surface area contributed by atoms with E-state index < -0.39 is 35.5 Å². The molecule has 4 aliphatic carbocycles. The summed E-state index contributed by atoms with van der Waals surface area (Å²) in [6.45, 7) is 5.39. The van der Waals surface area contributed by atoms with Gasteiger partial charge in [0, 0.05) is 18.3 Å². The molecule has 0 saturated heterocycles. The Morgan fingerprint density at radius 3 is 2.61 bits per heavy atom. The van der Waals surface area contributed by atoms with Crippen molar-refractivity contribution in [2.45, 2.75) is 90.3 Å². The van der Waals surface area contributed by atoms with E-state index in [-0.39, 0.29) is 35.4 Å². The maximum absolute atomic E-state index is 13.1. The van der Waals surface area contributed by atoms with E-state index in [2.05, 4.69) is 6.92 Å². The summed E-state index contributed by atoms with van der Waals surface area (Å²) in [5.74, 6) is -0.320. The fraction of sp³-hybridized carbons (Fsp3) is 0.800. The summed E-state index contributed by atoms with van der Waals surface area (Å²) in [5.41, 5.74) is -1.12. The van der Waals surface area contributed by atoms with E-state index in [4.69, 9.17) is 4.74 Å². The lowest BCUT2D eigenvalue weighted by Crippen LogP contribution is -2.63. The predicted octanol–water partition coefficient (Wildman–Crippen LogP) is 3.13. The van der Waals surface area contributed by atoms with Crippen LogP contribution < -0.4 is 0 Å². The van der Waals surface area contributed by atoms with Crippen LogP contribution in [0.4, 0.5) is 0 Å². The van der Waals surface area contributed by atoms with E-state index >= 15 is 0 Å². The molecule has 6 nitrogen and oxygen atoms in total. The van der Waals surface area contributed by atoms with E-state index in [1.54, 1.807) is 6.08 Å². The number of ether oxygens (including phenoxy) is 1. The third-order valence-corrected chi connectivity index (χ3v) is 9.35. The normalized spacial score (nSPS) is 44.0. The number of hydrogen-bond donors (Lipinski definition) is 2. The molecule has 7 atom stereocenters. The lowest BCUT2D eigenvalue weighted by atomic mass is 9.45. The fourth-order valence-electron chi connectivity index (χ4n) is 7.94. The molecule has 0 amide bonds. The molecule has 3 fully saturated rings. The Kier molecular flexibility index (Phi) is 5.70. The highest BCUT2D eigenvalue weighted by Crippen LogP contribution is 2.68. The lowest BCUT2D eigenvalue weighted by Gasteiger charge is -2.60. The van der Waals surface area contributed by atoms with Gasteiger partial charge in [0.05, 0.1) is 6.10 Å². The number of hydrogen-bond acceptors (Lipinski definition) is 6. The van der Waals surface area contributed by atoms with Crippen molar-refractivity contribution in [3.05, 3.63) is 11.6 Å². The Labute approximate surface area is 184 Å². The topological polar surface area (TPSA) is 101 Å². The third kappa shape index (κ3) is 3.16. The first-order valence-electron chi connectivity index (χ1n) is 11.9. The van der Waals surface area contributed by atoms with Gasteiger partial charge in [0.15, 0.2) is 11.4 Å². The van der Waals surface area contributed by atoms with Crippen molar-refractivity contribution in [1.29, 1.82) is 0 Å². The molecule has 172 valence electrons. The minimum Gasteiger partial charge on any atom is -0.450 e. The maximum Gasteiger partial charge on any atom is 0.306 e. The maximum atomic E-state index is 13.1. The fourth-order valence-corrected chi connectivity index (χ4v) is 7.94. The Bertz CT molecular complexity index is 817. The molecule has 0 radical (unpaired) electrons. The van der Waals surface area contributed by atoms with Crippen LogP contribution in [0.25, 0.3) is 0 Å². The van der Waals surface area contributed by atoms with Crippen molar-refractivity contribution in [2.75, 3.05) is 6.61 Å². The molecular weight excluding hydrogens is 396 g/mol. The predicted molar refractivity (Wildman–Crippen MR) is 114 cm³/mol. The van der Waals surface area contributed by atoms with Gasteiger partial charge in [-0.2, -0.15) is 0 Å². The second-order valence-electron chi connectivity index (χ2n) is 10.7. The zero-order chi connectivity index (χ0) is 22.6. The number of fused-ring (bicyclic) bond motifs is 5. The second kappa shape index (κ2) is 7.80. The van der Waals surface area contributed by atoms with Gasteiger partial charge in [0.1, 0.15) is 6.61 Å². The van der Waals surface area contributed by atoms with Crippen LogP contribution in [0.5, 0.6) is 0 Å². The molecule has 0 aliphatic heterocycles. The number of allylic oxidation sites excluding steroid dienone is 1. The Morgan fingerprint density at radius 1 is 1.19 bits per heavy atom. The van der Waals surface area contributed by atoms with Gasteiger partial charge in [-0.15, -0.1) is 0 Å². The van der Waals surface area contributed by atoms with Crippen molar-refractivity contribution < 1.29 is 29.3 Å². The molecule has 0 bridgehead atoms. The first-order chi connectivity index (χ1) is 14.6. The molecule has 0 heterocycles. The molecule has 0 unspecified atom stereocenters. The summed E-state index contributed by atoms with van der Waals surface area (Å²) < 4.78 is 5.92. The van der Waals surface area contributed by atoms with E-state index in [9.17, 15) is 24.6 Å². The molecule has 4 rings (SSSR count). The van der Waals surface area contributed by atoms with Crippen LogP contribution >= 0.6 is 0 Å². The molecule has 0 spiro atoms. The lowest BCUT2D eigenvalue weighted by molar-refractivity contribution is -0.202. The summed E-state index contributed by atoms with van der Waals surface area (Å²) >= 11 is 0. The number of Topliss-reactive ketones (excluding diaryl/α,β-unsaturated/α-hetero) is 1. The summed E-state index contributed by atoms with van der Waals surface area (Å²) in [6, 6.07) is 0. The van der Waals surface area contributed by atoms with Crippen molar-refractivity contribution in [1.82, 2.24) is 0 Å². The smallest absolute Gasteiger partial charge is 0.306 e. The quantitative estimate of drug-likeness (QED) is 0.648. The zero-order valence-electron chi connectivity index (χ0n) is 19.0.